The molecular formula is C19H15N3O6. The molecule has 3 N–H and O–H groups in total. The number of carboxylic acids is 1. The van der Waals surface area contributed by atoms with Gasteiger partial charge in [-0.3, -0.25) is 9.69 Å². The Hall–Kier alpha value is -4.01. The van der Waals surface area contributed by atoms with Crippen LogP contribution in [0, 0.1) is 0 Å². The lowest BCUT2D eigenvalue weighted by molar-refractivity contribution is -0.121. The Kier molecular flexibility index (Phi) is 4.11. The number of nitrogens with one attached hydrogen (secondary N) is 1. The van der Waals surface area contributed by atoms with E-state index in [2.05, 4.69) is 10.3 Å². The molecule has 2 aliphatic rings. The lowest BCUT2D eigenvalue weighted by Crippen LogP contribution is -2.32. The number of carboxylic acid groups (broad SMARTS) is 1. The summed E-state index contributed by atoms with van der Waals surface area (Å²) >= 11 is 0. The van der Waals surface area contributed by atoms with Crippen LogP contribution in [0.15, 0.2) is 47.1 Å². The van der Waals surface area contributed by atoms with Crippen molar-refractivity contribution in [2.45, 2.75) is 0 Å². The zero-order valence-corrected chi connectivity index (χ0v) is 14.7. The van der Waals surface area contributed by atoms with Crippen LogP contribution in [0.3, 0.4) is 0 Å². The van der Waals surface area contributed by atoms with E-state index in [-0.39, 0.29) is 35.7 Å². The van der Waals surface area contributed by atoms with E-state index < -0.39 is 5.97 Å². The highest BCUT2D eigenvalue weighted by molar-refractivity contribution is 6.17. The highest BCUT2D eigenvalue weighted by atomic mass is 16.7. The lowest BCUT2D eigenvalue weighted by Gasteiger charge is -2.14. The number of guanidine groups is 1. The molecule has 1 amide bonds. The number of hydrogen-bond donors (Lipinski definition) is 3. The summed E-state index contributed by atoms with van der Waals surface area (Å²) < 4.78 is 10.6. The maximum Gasteiger partial charge on any atom is 0.339 e. The van der Waals surface area contributed by atoms with E-state index in [1.807, 2.05) is 0 Å². The zero-order chi connectivity index (χ0) is 19.8. The van der Waals surface area contributed by atoms with Gasteiger partial charge in [0.1, 0.15) is 17.0 Å². The first-order valence-corrected chi connectivity index (χ1v) is 8.24. The molecule has 0 atom stereocenters. The minimum absolute atomic E-state index is 0.161. The summed E-state index contributed by atoms with van der Waals surface area (Å²) in [5.41, 5.74) is 1.05. The van der Waals surface area contributed by atoms with Crippen molar-refractivity contribution in [3.63, 3.8) is 0 Å². The average molecular weight is 381 g/mol. The summed E-state index contributed by atoms with van der Waals surface area (Å²) in [5.74, 6) is -0.455. The maximum absolute atomic E-state index is 12.5. The number of ether oxygens (including phenoxy) is 2. The molecule has 0 unspecified atom stereocenters. The van der Waals surface area contributed by atoms with Crippen molar-refractivity contribution in [3.05, 3.63) is 53.2 Å². The van der Waals surface area contributed by atoms with Crippen LogP contribution in [0.25, 0.3) is 6.08 Å². The summed E-state index contributed by atoms with van der Waals surface area (Å²) in [7, 11) is 1.55. The Bertz CT molecular complexity index is 1060. The molecule has 9 heteroatoms. The molecular weight excluding hydrogens is 366 g/mol. The van der Waals surface area contributed by atoms with Crippen molar-refractivity contribution in [3.8, 4) is 17.2 Å². The molecule has 9 nitrogen and oxygen atoms in total. The molecule has 0 saturated carbocycles. The molecule has 0 fully saturated rings. The smallest absolute Gasteiger partial charge is 0.339 e. The topological polar surface area (TPSA) is 121 Å². The first-order valence-electron chi connectivity index (χ1n) is 8.24. The summed E-state index contributed by atoms with van der Waals surface area (Å²) in [6, 6.07) is 9.30. The lowest BCUT2D eigenvalue weighted by atomic mass is 10.1. The molecule has 0 aromatic heterocycles. The number of phenols is 1. The fraction of sp³-hybridized carbons (Fsp3) is 0.105. The van der Waals surface area contributed by atoms with E-state index in [0.29, 0.717) is 17.2 Å². The minimum Gasteiger partial charge on any atom is -0.507 e. The number of aliphatic imine (C=N–C) groups is 1. The molecule has 0 saturated heterocycles. The molecule has 28 heavy (non-hydrogen) atoms. The first-order chi connectivity index (χ1) is 13.4. The molecule has 2 aromatic carbocycles. The number of aromatic carboxylic acids is 1. The van der Waals surface area contributed by atoms with Gasteiger partial charge in [-0.15, -0.1) is 0 Å². The third-order valence-corrected chi connectivity index (χ3v) is 4.25. The molecule has 2 aromatic rings. The average Bonchev–Trinajstić information content (AvgIpc) is 3.23. The number of anilines is 1. The van der Waals surface area contributed by atoms with Gasteiger partial charge in [0.05, 0.1) is 0 Å². The standard InChI is InChI=1S/C19H15N3O6/c1-22-17(24)13(6-10-2-5-15-16(7-10)28-9-27-15)21-19(22)20-11-3-4-14(23)12(8-11)18(25)26/h2-8,23H,9H2,1H3,(H,20,21)(H,25,26)/b13-6+. The number of rotatable bonds is 3. The van der Waals surface area contributed by atoms with Crippen LogP contribution in [0.2, 0.25) is 0 Å². The summed E-state index contributed by atoms with van der Waals surface area (Å²) in [6.07, 6.45) is 1.62. The minimum atomic E-state index is -1.26. The number of benzene rings is 2. The van der Waals surface area contributed by atoms with Crippen LogP contribution in [0.5, 0.6) is 17.2 Å². The highest BCUT2D eigenvalue weighted by Gasteiger charge is 2.27. The first kappa shape index (κ1) is 17.4. The number of nitrogens with zero attached hydrogens (tertiary/aromatic N) is 2. The predicted octanol–water partition coefficient (Wildman–Crippen LogP) is 2.10. The maximum atomic E-state index is 12.5. The fourth-order valence-corrected chi connectivity index (χ4v) is 2.79. The van der Waals surface area contributed by atoms with Gasteiger partial charge in [0.15, 0.2) is 11.5 Å². The second-order valence-electron chi connectivity index (χ2n) is 6.10. The Morgan fingerprint density at radius 3 is 2.79 bits per heavy atom. The molecule has 4 rings (SSSR count). The third-order valence-electron chi connectivity index (χ3n) is 4.25. The number of amides is 1. The van der Waals surface area contributed by atoms with Crippen LogP contribution in [-0.4, -0.2) is 46.8 Å². The van der Waals surface area contributed by atoms with Gasteiger partial charge in [-0.2, -0.15) is 0 Å². The van der Waals surface area contributed by atoms with E-state index in [1.165, 1.54) is 23.1 Å². The van der Waals surface area contributed by atoms with Crippen LogP contribution < -0.4 is 14.8 Å². The number of hydrogen-bond acceptors (Lipinski definition) is 7. The Labute approximate surface area is 159 Å². The van der Waals surface area contributed by atoms with Crippen molar-refractivity contribution in [2.24, 2.45) is 4.99 Å². The van der Waals surface area contributed by atoms with Gasteiger partial charge in [0.25, 0.3) is 5.91 Å². The van der Waals surface area contributed by atoms with E-state index in [9.17, 15) is 14.7 Å². The predicted molar refractivity (Wildman–Crippen MR) is 99.4 cm³/mol. The number of carbonyl (C=O) groups excluding carboxylic acids is 1. The largest absolute Gasteiger partial charge is 0.507 e. The van der Waals surface area contributed by atoms with E-state index in [1.54, 1.807) is 31.3 Å². The Morgan fingerprint density at radius 1 is 1.21 bits per heavy atom. The Balaban J connectivity index is 1.61. The van der Waals surface area contributed by atoms with Crippen molar-refractivity contribution in [1.82, 2.24) is 4.90 Å². The highest BCUT2D eigenvalue weighted by Crippen LogP contribution is 2.33. The summed E-state index contributed by atoms with van der Waals surface area (Å²) in [5, 5.41) is 21.6. The van der Waals surface area contributed by atoms with Crippen molar-refractivity contribution >= 4 is 29.6 Å². The number of likely N-dealkylation sites (N-methyl/N-ethyl adjacent to an activating group) is 1. The van der Waals surface area contributed by atoms with Crippen LogP contribution in [0.4, 0.5) is 5.69 Å². The molecule has 0 radical (unpaired) electrons. The molecule has 142 valence electrons. The number of aromatic hydroxyl groups is 1. The van der Waals surface area contributed by atoms with Crippen LogP contribution >= 0.6 is 0 Å². The van der Waals surface area contributed by atoms with Crippen molar-refractivity contribution in [1.29, 1.82) is 0 Å². The third kappa shape index (κ3) is 3.09. The van der Waals surface area contributed by atoms with Gasteiger partial charge >= 0.3 is 5.97 Å². The van der Waals surface area contributed by atoms with E-state index >= 15 is 0 Å². The zero-order valence-electron chi connectivity index (χ0n) is 14.7. The monoisotopic (exact) mass is 381 g/mol. The molecule has 0 spiro atoms. The number of carbonyl (C=O) groups is 2. The van der Waals surface area contributed by atoms with Crippen LogP contribution in [0.1, 0.15) is 15.9 Å². The van der Waals surface area contributed by atoms with Crippen LogP contribution in [-0.2, 0) is 4.79 Å². The molecule has 0 aliphatic carbocycles. The van der Waals surface area contributed by atoms with Gasteiger partial charge in [-0.05, 0) is 42.0 Å². The summed E-state index contributed by atoms with van der Waals surface area (Å²) in [4.78, 5) is 29.2. The van der Waals surface area contributed by atoms with Gasteiger partial charge in [-0.1, -0.05) is 6.07 Å². The van der Waals surface area contributed by atoms with E-state index in [0.717, 1.165) is 5.56 Å². The SMILES string of the molecule is CN1C(=O)/C(=C\c2ccc3c(c2)OCO3)N=C1Nc1ccc(O)c(C(=O)O)c1. The van der Waals surface area contributed by atoms with Crippen molar-refractivity contribution in [2.75, 3.05) is 19.2 Å². The second-order valence-corrected chi connectivity index (χ2v) is 6.10. The van der Waals surface area contributed by atoms with E-state index in [4.69, 9.17) is 14.6 Å². The van der Waals surface area contributed by atoms with Gasteiger partial charge in [0.2, 0.25) is 12.8 Å². The molecule has 2 heterocycles. The second kappa shape index (κ2) is 6.62. The summed E-state index contributed by atoms with van der Waals surface area (Å²) in [6.45, 7) is 0.161. The fourth-order valence-electron chi connectivity index (χ4n) is 2.79. The molecule has 2 aliphatic heterocycles. The molecule has 0 bridgehead atoms. The number of fused-ring (bicyclic) bond motifs is 1. The normalized spacial score (nSPS) is 16.5. The Morgan fingerprint density at radius 2 is 2.00 bits per heavy atom. The van der Waals surface area contributed by atoms with Crippen molar-refractivity contribution < 1.29 is 29.3 Å². The van der Waals surface area contributed by atoms with Gasteiger partial charge in [-0.25, -0.2) is 9.79 Å². The van der Waals surface area contributed by atoms with Gasteiger partial charge < -0.3 is 25.0 Å². The quantitative estimate of drug-likeness (QED) is 0.550. The van der Waals surface area contributed by atoms with Gasteiger partial charge in [0, 0.05) is 12.7 Å².